The van der Waals surface area contributed by atoms with Crippen LogP contribution in [0.25, 0.3) is 0 Å². The number of esters is 2. The normalized spacial score (nSPS) is 15.1. The summed E-state index contributed by atoms with van der Waals surface area (Å²) in [5.74, 6) is -1.10. The van der Waals surface area contributed by atoms with E-state index in [1.165, 1.54) is 12.8 Å². The SMILES string of the molecule is CC/C=C\C/C=C\C/C=C\C/C=C\C/C=C\C=C/C(O)CCC(=O)OC[C@H](COP(=O)(O)OCC[N+](C)(C)C)OC(=O)CCCCCCC/C=C\CCCC. The van der Waals surface area contributed by atoms with E-state index in [0.29, 0.717) is 17.4 Å². The van der Waals surface area contributed by atoms with Crippen LogP contribution in [0.4, 0.5) is 0 Å². The van der Waals surface area contributed by atoms with Crippen LogP contribution < -0.4 is 0 Å². The molecule has 314 valence electrons. The van der Waals surface area contributed by atoms with Crippen LogP contribution >= 0.6 is 7.82 Å². The molecule has 0 aliphatic heterocycles. The van der Waals surface area contributed by atoms with E-state index in [2.05, 4.69) is 74.6 Å². The predicted molar refractivity (Wildman–Crippen MR) is 225 cm³/mol. The molecule has 0 spiro atoms. The van der Waals surface area contributed by atoms with Gasteiger partial charge in [-0.25, -0.2) is 4.57 Å². The first-order valence-electron chi connectivity index (χ1n) is 20.4. The van der Waals surface area contributed by atoms with E-state index < -0.39 is 38.6 Å². The van der Waals surface area contributed by atoms with Gasteiger partial charge in [-0.15, -0.1) is 0 Å². The molecular formula is C44H75NO9P+. The molecular weight excluding hydrogens is 717 g/mol. The smallest absolute Gasteiger partial charge is 0.462 e. The van der Waals surface area contributed by atoms with Crippen LogP contribution in [0.5, 0.6) is 0 Å². The molecule has 0 radical (unpaired) electrons. The Hall–Kier alpha value is -2.85. The van der Waals surface area contributed by atoms with E-state index in [1.54, 1.807) is 12.2 Å². The van der Waals surface area contributed by atoms with Gasteiger partial charge in [0.15, 0.2) is 6.10 Å². The summed E-state index contributed by atoms with van der Waals surface area (Å²) < 4.78 is 34.0. The van der Waals surface area contributed by atoms with Crippen LogP contribution in [0.15, 0.2) is 85.1 Å². The fourth-order valence-electron chi connectivity index (χ4n) is 4.75. The molecule has 11 heteroatoms. The largest absolute Gasteiger partial charge is 0.472 e. The number of carbonyl (C=O) groups excluding carboxylic acids is 2. The van der Waals surface area contributed by atoms with Gasteiger partial charge in [0.25, 0.3) is 0 Å². The van der Waals surface area contributed by atoms with Gasteiger partial charge in [-0.3, -0.25) is 18.6 Å². The van der Waals surface area contributed by atoms with E-state index in [4.69, 9.17) is 18.5 Å². The number of hydrogen-bond acceptors (Lipinski definition) is 8. The number of phosphoric acid groups is 1. The second-order valence-corrected chi connectivity index (χ2v) is 15.9. The van der Waals surface area contributed by atoms with Gasteiger partial charge in [0.05, 0.1) is 33.9 Å². The van der Waals surface area contributed by atoms with Crippen molar-refractivity contribution >= 4 is 19.8 Å². The molecule has 55 heavy (non-hydrogen) atoms. The average Bonchev–Trinajstić information content (AvgIpc) is 3.13. The highest BCUT2D eigenvalue weighted by molar-refractivity contribution is 7.47. The summed E-state index contributed by atoms with van der Waals surface area (Å²) in [6, 6.07) is 0. The monoisotopic (exact) mass is 793 g/mol. The van der Waals surface area contributed by atoms with E-state index >= 15 is 0 Å². The summed E-state index contributed by atoms with van der Waals surface area (Å²) in [4.78, 5) is 35.2. The number of allylic oxidation sites excluding steroid dienone is 13. The van der Waals surface area contributed by atoms with Gasteiger partial charge in [0, 0.05) is 12.8 Å². The first-order valence-corrected chi connectivity index (χ1v) is 21.9. The summed E-state index contributed by atoms with van der Waals surface area (Å²) in [6.07, 6.45) is 41.2. The number of hydrogen-bond donors (Lipinski definition) is 2. The van der Waals surface area contributed by atoms with Crippen LogP contribution in [-0.2, 0) is 32.7 Å². The van der Waals surface area contributed by atoms with Crippen LogP contribution in [0.3, 0.4) is 0 Å². The lowest BCUT2D eigenvalue weighted by molar-refractivity contribution is -0.870. The number of nitrogens with zero attached hydrogens (tertiary/aromatic N) is 1. The zero-order valence-corrected chi connectivity index (χ0v) is 35.6. The number of aliphatic hydroxyl groups excluding tert-OH is 1. The van der Waals surface area contributed by atoms with Crippen molar-refractivity contribution in [3.8, 4) is 0 Å². The summed E-state index contributed by atoms with van der Waals surface area (Å²) in [5.41, 5.74) is 0. The number of aliphatic hydroxyl groups is 1. The average molecular weight is 793 g/mol. The van der Waals surface area contributed by atoms with E-state index in [-0.39, 0.29) is 32.5 Å². The molecule has 0 rings (SSSR count). The Labute approximate surface area is 333 Å². The fraction of sp³-hybridized carbons (Fsp3) is 0.636. The maximum absolute atomic E-state index is 12.6. The maximum atomic E-state index is 12.6. The Morgan fingerprint density at radius 1 is 0.673 bits per heavy atom. The lowest BCUT2D eigenvalue weighted by Crippen LogP contribution is -2.37. The quantitative estimate of drug-likeness (QED) is 0.0161. The Bertz CT molecular complexity index is 1230. The molecule has 2 N–H and O–H groups in total. The second kappa shape index (κ2) is 35.6. The van der Waals surface area contributed by atoms with E-state index in [9.17, 15) is 24.2 Å². The Morgan fingerprint density at radius 2 is 1.25 bits per heavy atom. The number of quaternary nitrogens is 1. The predicted octanol–water partition coefficient (Wildman–Crippen LogP) is 10.2. The minimum Gasteiger partial charge on any atom is -0.462 e. The van der Waals surface area contributed by atoms with Gasteiger partial charge in [-0.1, -0.05) is 131 Å². The van der Waals surface area contributed by atoms with Gasteiger partial charge in [-0.05, 0) is 64.2 Å². The molecule has 0 aliphatic rings. The van der Waals surface area contributed by atoms with Gasteiger partial charge >= 0.3 is 19.8 Å². The fourth-order valence-corrected chi connectivity index (χ4v) is 5.49. The molecule has 0 aromatic rings. The standard InChI is InChI=1S/C44H74NO9P/c1-6-8-10-12-14-16-18-19-20-21-22-24-25-27-29-31-33-41(46)35-36-43(47)51-39-42(40-53-55(49,50)52-38-37-45(3,4)5)54-44(48)34-32-30-28-26-23-17-15-13-11-9-7-2/h8,10,13-16,19-20,22,24,27,29,31,33,41-42,46H,6-7,9,11-12,17-18,21,23,25-26,28,30,32,34-40H2,1-5H3/p+1/b10-8-,15-13-,16-14-,20-19-,24-22-,29-27-,33-31-/t41?,42-/m1/s1. The molecule has 0 bridgehead atoms. The minimum atomic E-state index is -4.43. The van der Waals surface area contributed by atoms with Crippen LogP contribution in [0, 0.1) is 0 Å². The van der Waals surface area contributed by atoms with E-state index in [0.717, 1.165) is 70.6 Å². The molecule has 0 fully saturated rings. The number of phosphoric ester groups is 1. The van der Waals surface area contributed by atoms with E-state index in [1.807, 2.05) is 33.3 Å². The number of likely N-dealkylation sites (N-methyl/N-ethyl adjacent to an activating group) is 1. The van der Waals surface area contributed by atoms with Crippen molar-refractivity contribution in [2.75, 3.05) is 47.5 Å². The van der Waals surface area contributed by atoms with Crippen molar-refractivity contribution < 1.29 is 47.2 Å². The molecule has 3 atom stereocenters. The van der Waals surface area contributed by atoms with Gasteiger partial charge in [-0.2, -0.15) is 0 Å². The van der Waals surface area contributed by atoms with Crippen LogP contribution in [-0.4, -0.2) is 86.1 Å². The van der Waals surface area contributed by atoms with Gasteiger partial charge in [0.1, 0.15) is 19.8 Å². The highest BCUT2D eigenvalue weighted by Gasteiger charge is 2.27. The third kappa shape index (κ3) is 39.2. The van der Waals surface area contributed by atoms with Crippen molar-refractivity contribution in [1.82, 2.24) is 0 Å². The molecule has 10 nitrogen and oxygen atoms in total. The first-order chi connectivity index (χ1) is 26.4. The topological polar surface area (TPSA) is 129 Å². The Kier molecular flexibility index (Phi) is 33.7. The Balaban J connectivity index is 4.65. The zero-order chi connectivity index (χ0) is 40.9. The number of ether oxygens (including phenoxy) is 2. The minimum absolute atomic E-state index is 0.0102. The van der Waals surface area contributed by atoms with Crippen molar-refractivity contribution in [1.29, 1.82) is 0 Å². The lowest BCUT2D eigenvalue weighted by atomic mass is 10.1. The van der Waals surface area contributed by atoms with Crippen LogP contribution in [0.1, 0.15) is 123 Å². The highest BCUT2D eigenvalue weighted by atomic mass is 31.2. The lowest BCUT2D eigenvalue weighted by Gasteiger charge is -2.24. The van der Waals surface area contributed by atoms with Crippen LogP contribution in [0.2, 0.25) is 0 Å². The summed E-state index contributed by atoms with van der Waals surface area (Å²) in [5, 5.41) is 10.3. The molecule has 0 heterocycles. The van der Waals surface area contributed by atoms with Gasteiger partial charge in [0.2, 0.25) is 0 Å². The van der Waals surface area contributed by atoms with Crippen molar-refractivity contribution in [2.45, 2.75) is 135 Å². The molecule has 0 saturated carbocycles. The molecule has 2 unspecified atom stereocenters. The first kappa shape index (κ1) is 52.2. The number of rotatable bonds is 35. The van der Waals surface area contributed by atoms with Gasteiger partial charge < -0.3 is 24.0 Å². The number of carbonyl (C=O) groups is 2. The van der Waals surface area contributed by atoms with Crippen molar-refractivity contribution in [3.05, 3.63) is 85.1 Å². The third-order valence-corrected chi connectivity index (χ3v) is 9.01. The zero-order valence-electron chi connectivity index (χ0n) is 34.7. The van der Waals surface area contributed by atoms with Crippen molar-refractivity contribution in [2.24, 2.45) is 0 Å². The summed E-state index contributed by atoms with van der Waals surface area (Å²) in [7, 11) is 1.33. The molecule has 0 aromatic carbocycles. The maximum Gasteiger partial charge on any atom is 0.472 e. The Morgan fingerprint density at radius 3 is 1.87 bits per heavy atom. The molecule has 0 amide bonds. The summed E-state index contributed by atoms with van der Waals surface area (Å²) >= 11 is 0. The van der Waals surface area contributed by atoms with Crippen molar-refractivity contribution in [3.63, 3.8) is 0 Å². The summed E-state index contributed by atoms with van der Waals surface area (Å²) in [6.45, 7) is 3.94. The highest BCUT2D eigenvalue weighted by Crippen LogP contribution is 2.43. The molecule has 0 saturated heterocycles. The molecule has 0 aromatic heterocycles. The number of unbranched alkanes of at least 4 members (excludes halogenated alkanes) is 7. The molecule has 0 aliphatic carbocycles. The second-order valence-electron chi connectivity index (χ2n) is 14.5. The third-order valence-electron chi connectivity index (χ3n) is 8.03.